The maximum Gasteiger partial charge on any atom is 0.244 e. The first kappa shape index (κ1) is 18.9. The molecule has 2 saturated heterocycles. The van der Waals surface area contributed by atoms with Crippen molar-refractivity contribution in [3.8, 4) is 11.4 Å². The van der Waals surface area contributed by atoms with Gasteiger partial charge in [-0.05, 0) is 38.1 Å². The first-order valence-electron chi connectivity index (χ1n) is 10.2. The van der Waals surface area contributed by atoms with Crippen LogP contribution in [0.4, 0.5) is 0 Å². The minimum Gasteiger partial charge on any atom is -0.341 e. The predicted molar refractivity (Wildman–Crippen MR) is 108 cm³/mol. The zero-order valence-corrected chi connectivity index (χ0v) is 17.2. The monoisotopic (exact) mass is 407 g/mol. The maximum atomic E-state index is 12.6. The van der Waals surface area contributed by atoms with E-state index in [2.05, 4.69) is 32.2 Å². The normalized spacial score (nSPS) is 20.6. The Morgan fingerprint density at radius 2 is 2.07 bits per heavy atom. The van der Waals surface area contributed by atoms with Crippen molar-refractivity contribution in [3.05, 3.63) is 48.4 Å². The number of carbonyl (C=O) groups excluding carboxylic acids is 1. The lowest BCUT2D eigenvalue weighted by Crippen LogP contribution is -2.59. The minimum atomic E-state index is 0.0809. The lowest BCUT2D eigenvalue weighted by molar-refractivity contribution is -0.143. The zero-order valence-electron chi connectivity index (χ0n) is 17.2. The molecule has 0 bridgehead atoms. The van der Waals surface area contributed by atoms with Crippen molar-refractivity contribution < 1.29 is 9.32 Å². The second-order valence-corrected chi connectivity index (χ2v) is 8.61. The highest BCUT2D eigenvalue weighted by Gasteiger charge is 2.53. The van der Waals surface area contributed by atoms with Crippen molar-refractivity contribution in [2.45, 2.75) is 32.4 Å². The van der Waals surface area contributed by atoms with Crippen LogP contribution in [0.15, 0.2) is 41.4 Å². The first-order valence-corrected chi connectivity index (χ1v) is 10.2. The van der Waals surface area contributed by atoms with Crippen LogP contribution in [0.1, 0.15) is 30.3 Å². The van der Waals surface area contributed by atoms with E-state index in [1.165, 1.54) is 0 Å². The third-order valence-electron chi connectivity index (χ3n) is 6.13. The Morgan fingerprint density at radius 3 is 2.80 bits per heavy atom. The van der Waals surface area contributed by atoms with Crippen LogP contribution in [0.25, 0.3) is 11.4 Å². The Kier molecular flexibility index (Phi) is 4.62. The topological polar surface area (TPSA) is 93.2 Å². The third kappa shape index (κ3) is 3.49. The summed E-state index contributed by atoms with van der Waals surface area (Å²) in [5, 5.41) is 8.39. The number of hydrogen-bond donors (Lipinski definition) is 0. The molecule has 2 aliphatic heterocycles. The molecule has 3 aromatic heterocycles. The van der Waals surface area contributed by atoms with Crippen molar-refractivity contribution in [2.75, 3.05) is 26.7 Å². The second kappa shape index (κ2) is 7.32. The molecule has 0 aromatic carbocycles. The van der Waals surface area contributed by atoms with E-state index in [4.69, 9.17) is 4.52 Å². The standard InChI is InChI=1S/C21H25N7O2/c1-15-10-23-28(11-15)8-5-18(29)27-13-21(14-27)9-17(26(2)12-21)20-24-19(25-30-20)16-3-6-22-7-4-16/h3-4,6-7,10-11,17H,5,8-9,12-14H2,1-2H3. The fourth-order valence-electron chi connectivity index (χ4n) is 4.66. The van der Waals surface area contributed by atoms with Crippen molar-refractivity contribution in [3.63, 3.8) is 0 Å². The van der Waals surface area contributed by atoms with Crippen LogP contribution in [-0.2, 0) is 11.3 Å². The number of hydrogen-bond acceptors (Lipinski definition) is 7. The number of aryl methyl sites for hydroxylation is 2. The van der Waals surface area contributed by atoms with Crippen LogP contribution in [0.5, 0.6) is 0 Å². The average molecular weight is 407 g/mol. The molecular formula is C21H25N7O2. The molecule has 1 unspecified atom stereocenters. The van der Waals surface area contributed by atoms with Gasteiger partial charge in [-0.2, -0.15) is 10.1 Å². The summed E-state index contributed by atoms with van der Waals surface area (Å²) in [5.41, 5.74) is 2.12. The van der Waals surface area contributed by atoms with Gasteiger partial charge in [0.1, 0.15) is 0 Å². The third-order valence-corrected chi connectivity index (χ3v) is 6.13. The van der Waals surface area contributed by atoms with Crippen LogP contribution in [0.2, 0.25) is 0 Å². The van der Waals surface area contributed by atoms with Gasteiger partial charge in [-0.25, -0.2) is 0 Å². The Balaban J connectivity index is 1.18. The smallest absolute Gasteiger partial charge is 0.244 e. The number of amides is 1. The minimum absolute atomic E-state index is 0.0809. The highest BCUT2D eigenvalue weighted by atomic mass is 16.5. The quantitative estimate of drug-likeness (QED) is 0.638. The molecule has 2 fully saturated rings. The summed E-state index contributed by atoms with van der Waals surface area (Å²) < 4.78 is 7.42. The maximum absolute atomic E-state index is 12.6. The molecule has 1 spiro atoms. The van der Waals surface area contributed by atoms with Crippen molar-refractivity contribution in [1.29, 1.82) is 0 Å². The van der Waals surface area contributed by atoms with Gasteiger partial charge in [0.2, 0.25) is 17.6 Å². The van der Waals surface area contributed by atoms with Gasteiger partial charge in [-0.1, -0.05) is 5.16 Å². The van der Waals surface area contributed by atoms with Gasteiger partial charge in [-0.3, -0.25) is 19.4 Å². The molecule has 0 N–H and O–H groups in total. The molecule has 5 heterocycles. The Morgan fingerprint density at radius 1 is 1.27 bits per heavy atom. The molecular weight excluding hydrogens is 382 g/mol. The van der Waals surface area contributed by atoms with E-state index in [0.29, 0.717) is 24.7 Å². The Hall–Kier alpha value is -3.07. The van der Waals surface area contributed by atoms with Gasteiger partial charge in [-0.15, -0.1) is 0 Å². The molecule has 0 saturated carbocycles. The number of nitrogens with zero attached hydrogens (tertiary/aromatic N) is 7. The molecule has 0 aliphatic carbocycles. The van der Waals surface area contributed by atoms with E-state index in [1.54, 1.807) is 12.4 Å². The number of rotatable bonds is 5. The summed E-state index contributed by atoms with van der Waals surface area (Å²) in [7, 11) is 2.08. The van der Waals surface area contributed by atoms with Crippen LogP contribution in [0, 0.1) is 12.3 Å². The number of pyridine rings is 1. The fraction of sp³-hybridized carbons (Fsp3) is 0.476. The second-order valence-electron chi connectivity index (χ2n) is 8.61. The molecule has 1 amide bonds. The van der Waals surface area contributed by atoms with Gasteiger partial charge >= 0.3 is 0 Å². The summed E-state index contributed by atoms with van der Waals surface area (Å²) in [6.07, 6.45) is 8.62. The van der Waals surface area contributed by atoms with Crippen molar-refractivity contribution in [1.82, 2.24) is 34.7 Å². The van der Waals surface area contributed by atoms with Gasteiger partial charge in [0.05, 0.1) is 12.2 Å². The highest BCUT2D eigenvalue weighted by molar-refractivity contribution is 5.77. The molecule has 3 aromatic rings. The summed E-state index contributed by atoms with van der Waals surface area (Å²) in [6.45, 7) is 5.12. The Labute approximate surface area is 174 Å². The van der Waals surface area contributed by atoms with Gasteiger partial charge in [0, 0.05) is 62.2 Å². The van der Waals surface area contributed by atoms with Crippen molar-refractivity contribution in [2.24, 2.45) is 5.41 Å². The molecule has 156 valence electrons. The van der Waals surface area contributed by atoms with Crippen LogP contribution in [-0.4, -0.2) is 67.3 Å². The largest absolute Gasteiger partial charge is 0.341 e. The number of aromatic nitrogens is 5. The number of carbonyl (C=O) groups is 1. The molecule has 9 heteroatoms. The fourth-order valence-corrected chi connectivity index (χ4v) is 4.66. The molecule has 9 nitrogen and oxygen atoms in total. The van der Waals surface area contributed by atoms with Crippen molar-refractivity contribution >= 4 is 5.91 Å². The summed E-state index contributed by atoms with van der Waals surface area (Å²) >= 11 is 0. The highest BCUT2D eigenvalue weighted by Crippen LogP contribution is 2.47. The Bertz CT molecular complexity index is 1040. The first-order chi connectivity index (χ1) is 14.5. The summed E-state index contributed by atoms with van der Waals surface area (Å²) in [6, 6.07) is 3.82. The summed E-state index contributed by atoms with van der Waals surface area (Å²) in [4.78, 5) is 25.4. The van der Waals surface area contributed by atoms with Gasteiger partial charge in [0.25, 0.3) is 0 Å². The zero-order chi connectivity index (χ0) is 20.7. The molecule has 5 rings (SSSR count). The van der Waals surface area contributed by atoms with Crippen LogP contribution < -0.4 is 0 Å². The molecule has 0 radical (unpaired) electrons. The lowest BCUT2D eigenvalue weighted by Gasteiger charge is -2.48. The van der Waals surface area contributed by atoms with E-state index < -0.39 is 0 Å². The molecule has 1 atom stereocenters. The van der Waals surface area contributed by atoms with Crippen LogP contribution in [0.3, 0.4) is 0 Å². The van der Waals surface area contributed by atoms with E-state index in [9.17, 15) is 4.79 Å². The average Bonchev–Trinajstić information content (AvgIpc) is 3.44. The SMILES string of the molecule is Cc1cnn(CCC(=O)N2CC3(CC(c4nc(-c5ccncc5)no4)N(C)C3)C2)c1. The van der Waals surface area contributed by atoms with Gasteiger partial charge < -0.3 is 9.42 Å². The van der Waals surface area contributed by atoms with E-state index in [1.807, 2.05) is 41.0 Å². The number of likely N-dealkylation sites (tertiary alicyclic amines) is 2. The molecule has 30 heavy (non-hydrogen) atoms. The van der Waals surface area contributed by atoms with E-state index >= 15 is 0 Å². The van der Waals surface area contributed by atoms with Crippen LogP contribution >= 0.6 is 0 Å². The van der Waals surface area contributed by atoms with E-state index in [-0.39, 0.29) is 17.4 Å². The predicted octanol–water partition coefficient (Wildman–Crippen LogP) is 1.93. The van der Waals surface area contributed by atoms with Gasteiger partial charge in [0.15, 0.2) is 0 Å². The van der Waals surface area contributed by atoms with E-state index in [0.717, 1.165) is 37.2 Å². The molecule has 2 aliphatic rings. The lowest BCUT2D eigenvalue weighted by atomic mass is 9.77. The summed E-state index contributed by atoms with van der Waals surface area (Å²) in [5.74, 6) is 1.42.